The smallest absolute Gasteiger partial charge is 0.416 e. The number of hydrogen-bond acceptors (Lipinski definition) is 2. The number of hydrogen-bond donors (Lipinski definition) is 1. The van der Waals surface area contributed by atoms with E-state index in [2.05, 4.69) is 19.2 Å². The number of piperidine rings is 1. The second-order valence-corrected chi connectivity index (χ2v) is 6.02. The molecule has 0 saturated carbocycles. The standard InChI is InChI=1S/C15H18F3NO/c1-9-5-6-19-14(2)11-4-3-10(15(16,17)18)7-13(11)20-8-12(9)14/h3-4,7,9,12,19H,5-6,8H2,1-2H3/t9-,12-,14+/m0/s1. The Hall–Kier alpha value is -1.23. The Kier molecular flexibility index (Phi) is 3.01. The van der Waals surface area contributed by atoms with Crippen molar-refractivity contribution in [1.82, 2.24) is 5.32 Å². The largest absolute Gasteiger partial charge is 0.493 e. The number of benzene rings is 1. The van der Waals surface area contributed by atoms with E-state index in [1.807, 2.05) is 0 Å². The molecule has 0 amide bonds. The van der Waals surface area contributed by atoms with Gasteiger partial charge in [-0.05, 0) is 37.9 Å². The molecule has 0 bridgehead atoms. The van der Waals surface area contributed by atoms with Crippen molar-refractivity contribution in [3.05, 3.63) is 29.3 Å². The van der Waals surface area contributed by atoms with Crippen molar-refractivity contribution < 1.29 is 17.9 Å². The molecule has 0 radical (unpaired) electrons. The van der Waals surface area contributed by atoms with Crippen LogP contribution >= 0.6 is 0 Å². The summed E-state index contributed by atoms with van der Waals surface area (Å²) in [6.45, 7) is 5.61. The minimum absolute atomic E-state index is 0.292. The highest BCUT2D eigenvalue weighted by Crippen LogP contribution is 2.47. The monoisotopic (exact) mass is 285 g/mol. The highest BCUT2D eigenvalue weighted by molar-refractivity contribution is 5.45. The Morgan fingerprint density at radius 2 is 2.10 bits per heavy atom. The minimum Gasteiger partial charge on any atom is -0.493 e. The lowest BCUT2D eigenvalue weighted by atomic mass is 9.68. The molecule has 1 fully saturated rings. The molecule has 0 spiro atoms. The van der Waals surface area contributed by atoms with E-state index in [1.165, 1.54) is 0 Å². The van der Waals surface area contributed by atoms with Gasteiger partial charge in [0.1, 0.15) is 5.75 Å². The van der Waals surface area contributed by atoms with Crippen LogP contribution in [0.1, 0.15) is 31.4 Å². The van der Waals surface area contributed by atoms with Gasteiger partial charge in [-0.1, -0.05) is 13.0 Å². The van der Waals surface area contributed by atoms with Gasteiger partial charge in [0, 0.05) is 11.5 Å². The topological polar surface area (TPSA) is 21.3 Å². The molecule has 0 aliphatic carbocycles. The molecular weight excluding hydrogens is 267 g/mol. The first-order valence-electron chi connectivity index (χ1n) is 6.92. The molecular formula is C15H18F3NO. The van der Waals surface area contributed by atoms with Gasteiger partial charge in [-0.25, -0.2) is 0 Å². The zero-order valence-electron chi connectivity index (χ0n) is 11.6. The van der Waals surface area contributed by atoms with Crippen molar-refractivity contribution in [2.24, 2.45) is 11.8 Å². The van der Waals surface area contributed by atoms with Gasteiger partial charge in [0.05, 0.1) is 17.7 Å². The van der Waals surface area contributed by atoms with E-state index in [4.69, 9.17) is 4.74 Å². The van der Waals surface area contributed by atoms with Crippen molar-refractivity contribution in [3.8, 4) is 5.75 Å². The van der Waals surface area contributed by atoms with Gasteiger partial charge in [0.25, 0.3) is 0 Å². The third kappa shape index (κ3) is 1.99. The van der Waals surface area contributed by atoms with E-state index in [0.29, 0.717) is 24.2 Å². The van der Waals surface area contributed by atoms with Crippen LogP contribution in [0.25, 0.3) is 0 Å². The number of halogens is 3. The number of fused-ring (bicyclic) bond motifs is 3. The summed E-state index contributed by atoms with van der Waals surface area (Å²) < 4.78 is 44.0. The van der Waals surface area contributed by atoms with E-state index in [0.717, 1.165) is 30.7 Å². The fourth-order valence-corrected chi connectivity index (χ4v) is 3.51. The fourth-order valence-electron chi connectivity index (χ4n) is 3.51. The van der Waals surface area contributed by atoms with E-state index < -0.39 is 11.7 Å². The summed E-state index contributed by atoms with van der Waals surface area (Å²) in [5, 5.41) is 3.48. The van der Waals surface area contributed by atoms with Gasteiger partial charge in [-0.2, -0.15) is 13.2 Å². The van der Waals surface area contributed by atoms with Crippen LogP contribution in [-0.4, -0.2) is 13.2 Å². The average Bonchev–Trinajstić information content (AvgIpc) is 2.37. The summed E-state index contributed by atoms with van der Waals surface area (Å²) in [6.07, 6.45) is -3.26. The summed E-state index contributed by atoms with van der Waals surface area (Å²) in [4.78, 5) is 0. The lowest BCUT2D eigenvalue weighted by molar-refractivity contribution is -0.137. The molecule has 20 heavy (non-hydrogen) atoms. The summed E-state index contributed by atoms with van der Waals surface area (Å²) in [5.74, 6) is 1.15. The first kappa shape index (κ1) is 13.7. The van der Waals surface area contributed by atoms with Crippen LogP contribution in [0.4, 0.5) is 13.2 Å². The molecule has 5 heteroatoms. The van der Waals surface area contributed by atoms with Crippen LogP contribution in [-0.2, 0) is 11.7 Å². The summed E-state index contributed by atoms with van der Waals surface area (Å²) in [5.41, 5.74) is -0.106. The first-order valence-corrected chi connectivity index (χ1v) is 6.92. The van der Waals surface area contributed by atoms with Crippen molar-refractivity contribution in [2.75, 3.05) is 13.2 Å². The molecule has 2 aliphatic heterocycles. The molecule has 2 heterocycles. The van der Waals surface area contributed by atoms with Crippen molar-refractivity contribution in [1.29, 1.82) is 0 Å². The summed E-state index contributed by atoms with van der Waals surface area (Å²) in [6, 6.07) is 3.84. The average molecular weight is 285 g/mol. The molecule has 3 atom stereocenters. The maximum absolute atomic E-state index is 12.8. The Morgan fingerprint density at radius 1 is 1.35 bits per heavy atom. The quantitative estimate of drug-likeness (QED) is 0.787. The lowest BCUT2D eigenvalue weighted by Gasteiger charge is -2.49. The molecule has 0 unspecified atom stereocenters. The second kappa shape index (κ2) is 4.38. The Labute approximate surface area is 116 Å². The van der Waals surface area contributed by atoms with E-state index in [9.17, 15) is 13.2 Å². The maximum Gasteiger partial charge on any atom is 0.416 e. The zero-order chi connectivity index (χ0) is 14.5. The number of ether oxygens (including phenoxy) is 1. The van der Waals surface area contributed by atoms with Crippen LogP contribution in [0, 0.1) is 11.8 Å². The summed E-state index contributed by atoms with van der Waals surface area (Å²) >= 11 is 0. The van der Waals surface area contributed by atoms with Crippen molar-refractivity contribution in [3.63, 3.8) is 0 Å². The predicted octanol–water partition coefficient (Wildman–Crippen LogP) is 3.56. The molecule has 1 aromatic carbocycles. The molecule has 0 aromatic heterocycles. The van der Waals surface area contributed by atoms with Gasteiger partial charge in [-0.3, -0.25) is 0 Å². The normalized spacial score (nSPS) is 33.0. The maximum atomic E-state index is 12.8. The Bertz CT molecular complexity index is 528. The van der Waals surface area contributed by atoms with Crippen molar-refractivity contribution >= 4 is 0 Å². The highest BCUT2D eigenvalue weighted by Gasteiger charge is 2.46. The van der Waals surface area contributed by atoms with Crippen molar-refractivity contribution in [2.45, 2.75) is 32.0 Å². The Balaban J connectivity index is 2.05. The van der Waals surface area contributed by atoms with Gasteiger partial charge in [-0.15, -0.1) is 0 Å². The second-order valence-electron chi connectivity index (χ2n) is 6.02. The number of nitrogens with one attached hydrogen (secondary N) is 1. The third-order valence-corrected chi connectivity index (χ3v) is 4.81. The van der Waals surface area contributed by atoms with Gasteiger partial charge < -0.3 is 10.1 Å². The number of alkyl halides is 3. The van der Waals surface area contributed by atoms with Crippen LogP contribution in [0.3, 0.4) is 0 Å². The van der Waals surface area contributed by atoms with E-state index >= 15 is 0 Å². The first-order chi connectivity index (χ1) is 9.32. The summed E-state index contributed by atoms with van der Waals surface area (Å²) in [7, 11) is 0. The highest BCUT2D eigenvalue weighted by atomic mass is 19.4. The minimum atomic E-state index is -4.33. The fraction of sp³-hybridized carbons (Fsp3) is 0.600. The third-order valence-electron chi connectivity index (χ3n) is 4.81. The van der Waals surface area contributed by atoms with Crippen LogP contribution < -0.4 is 10.1 Å². The van der Waals surface area contributed by atoms with E-state index in [1.54, 1.807) is 6.07 Å². The molecule has 3 rings (SSSR count). The molecule has 1 saturated heterocycles. The zero-order valence-corrected chi connectivity index (χ0v) is 11.6. The van der Waals surface area contributed by atoms with Crippen LogP contribution in [0.2, 0.25) is 0 Å². The SMILES string of the molecule is C[C@H]1CCN[C@]2(C)c3ccc(C(F)(F)F)cc3OC[C@@H]12. The molecule has 2 aliphatic rings. The molecule has 1 N–H and O–H groups in total. The van der Waals surface area contributed by atoms with Gasteiger partial charge in [0.2, 0.25) is 0 Å². The van der Waals surface area contributed by atoms with Gasteiger partial charge in [0.15, 0.2) is 0 Å². The molecule has 1 aromatic rings. The Morgan fingerprint density at radius 3 is 2.80 bits per heavy atom. The lowest BCUT2D eigenvalue weighted by Crippen LogP contribution is -2.56. The molecule has 110 valence electrons. The molecule has 2 nitrogen and oxygen atoms in total. The predicted molar refractivity (Wildman–Crippen MR) is 69.6 cm³/mol. The van der Waals surface area contributed by atoms with Crippen LogP contribution in [0.15, 0.2) is 18.2 Å². The van der Waals surface area contributed by atoms with E-state index in [-0.39, 0.29) is 5.54 Å². The van der Waals surface area contributed by atoms with Gasteiger partial charge >= 0.3 is 6.18 Å². The number of rotatable bonds is 0. The van der Waals surface area contributed by atoms with Crippen LogP contribution in [0.5, 0.6) is 5.75 Å².